The molecule has 0 aliphatic heterocycles. The lowest BCUT2D eigenvalue weighted by Gasteiger charge is -2.26. The number of benzene rings is 1. The van der Waals surface area contributed by atoms with Gasteiger partial charge in [-0.15, -0.1) is 12.4 Å². The molecule has 1 fully saturated rings. The van der Waals surface area contributed by atoms with Crippen LogP contribution in [0.15, 0.2) is 18.2 Å². The fourth-order valence-electron chi connectivity index (χ4n) is 2.27. The minimum Gasteiger partial charge on any atom is -0.349 e. The van der Waals surface area contributed by atoms with Crippen molar-refractivity contribution in [3.8, 4) is 0 Å². The molecule has 1 saturated carbocycles. The van der Waals surface area contributed by atoms with Crippen molar-refractivity contribution in [3.63, 3.8) is 0 Å². The van der Waals surface area contributed by atoms with E-state index in [9.17, 15) is 4.79 Å². The van der Waals surface area contributed by atoms with Gasteiger partial charge in [0.1, 0.15) is 0 Å². The van der Waals surface area contributed by atoms with Crippen molar-refractivity contribution in [2.45, 2.75) is 44.7 Å². The zero-order chi connectivity index (χ0) is 13.1. The molecule has 0 bridgehead atoms. The first-order chi connectivity index (χ1) is 8.56. The molecule has 2 rings (SSSR count). The number of nitrogens with one attached hydrogen (secondary N) is 1. The van der Waals surface area contributed by atoms with Crippen molar-refractivity contribution in [2.24, 2.45) is 5.73 Å². The van der Waals surface area contributed by atoms with Gasteiger partial charge in [-0.2, -0.15) is 0 Å². The molecule has 0 atom stereocenters. The highest BCUT2D eigenvalue weighted by Crippen LogP contribution is 2.18. The highest BCUT2D eigenvalue weighted by atomic mass is 127. The maximum Gasteiger partial charge on any atom is 0.251 e. The number of aryl methyl sites for hydroxylation is 1. The van der Waals surface area contributed by atoms with Gasteiger partial charge in [-0.25, -0.2) is 0 Å². The first-order valence-electron chi connectivity index (χ1n) is 6.39. The van der Waals surface area contributed by atoms with Gasteiger partial charge in [0.2, 0.25) is 0 Å². The van der Waals surface area contributed by atoms with Gasteiger partial charge in [-0.1, -0.05) is 6.07 Å². The first-order valence-corrected chi connectivity index (χ1v) is 7.46. The Bertz CT molecular complexity index is 445. The Morgan fingerprint density at radius 2 is 1.95 bits per heavy atom. The number of amides is 1. The lowest BCUT2D eigenvalue weighted by atomic mass is 9.91. The van der Waals surface area contributed by atoms with Crippen molar-refractivity contribution in [3.05, 3.63) is 32.9 Å². The van der Waals surface area contributed by atoms with E-state index in [1.807, 2.05) is 25.1 Å². The third-order valence-corrected chi connectivity index (χ3v) is 4.70. The molecule has 0 heterocycles. The molecule has 1 aromatic rings. The van der Waals surface area contributed by atoms with Crippen LogP contribution in [-0.4, -0.2) is 18.0 Å². The predicted octanol–water partition coefficient (Wildman–Crippen LogP) is 3.02. The van der Waals surface area contributed by atoms with Crippen molar-refractivity contribution >= 4 is 40.9 Å². The molecule has 0 spiro atoms. The number of halogens is 2. The molecule has 3 N–H and O–H groups in total. The molecular weight excluding hydrogens is 375 g/mol. The van der Waals surface area contributed by atoms with E-state index in [4.69, 9.17) is 5.73 Å². The average Bonchev–Trinajstić information content (AvgIpc) is 2.35. The summed E-state index contributed by atoms with van der Waals surface area (Å²) in [5, 5.41) is 3.10. The number of hydrogen-bond donors (Lipinski definition) is 2. The molecule has 1 aliphatic rings. The Morgan fingerprint density at radius 3 is 2.53 bits per heavy atom. The molecule has 0 unspecified atom stereocenters. The Morgan fingerprint density at radius 1 is 1.32 bits per heavy atom. The molecule has 1 amide bonds. The van der Waals surface area contributed by atoms with Crippen molar-refractivity contribution < 1.29 is 4.79 Å². The van der Waals surface area contributed by atoms with Crippen LogP contribution in [0.25, 0.3) is 0 Å². The average molecular weight is 395 g/mol. The second-order valence-corrected chi connectivity index (χ2v) is 6.21. The largest absolute Gasteiger partial charge is 0.349 e. The Kier molecular flexibility index (Phi) is 6.56. The van der Waals surface area contributed by atoms with E-state index in [0.717, 1.165) is 34.8 Å². The molecule has 5 heteroatoms. The van der Waals surface area contributed by atoms with Gasteiger partial charge in [0, 0.05) is 21.2 Å². The Balaban J connectivity index is 0.00000180. The van der Waals surface area contributed by atoms with E-state index in [-0.39, 0.29) is 24.4 Å². The monoisotopic (exact) mass is 394 g/mol. The minimum absolute atomic E-state index is 0. The van der Waals surface area contributed by atoms with Crippen LogP contribution in [0.4, 0.5) is 0 Å². The third kappa shape index (κ3) is 4.61. The zero-order valence-corrected chi connectivity index (χ0v) is 14.0. The van der Waals surface area contributed by atoms with Gasteiger partial charge in [0.05, 0.1) is 0 Å². The summed E-state index contributed by atoms with van der Waals surface area (Å²) in [6, 6.07) is 6.43. The van der Waals surface area contributed by atoms with Crippen molar-refractivity contribution in [1.82, 2.24) is 5.32 Å². The fraction of sp³-hybridized carbons (Fsp3) is 0.500. The summed E-state index contributed by atoms with van der Waals surface area (Å²) in [5.41, 5.74) is 7.82. The van der Waals surface area contributed by atoms with Crippen molar-refractivity contribution in [2.75, 3.05) is 0 Å². The van der Waals surface area contributed by atoms with Gasteiger partial charge in [-0.3, -0.25) is 4.79 Å². The Hall–Kier alpha value is -0.330. The van der Waals surface area contributed by atoms with E-state index in [0.29, 0.717) is 6.04 Å². The lowest BCUT2D eigenvalue weighted by molar-refractivity contribution is 0.0926. The summed E-state index contributed by atoms with van der Waals surface area (Å²) >= 11 is 2.26. The number of carbonyl (C=O) groups is 1. The van der Waals surface area contributed by atoms with Gasteiger partial charge >= 0.3 is 0 Å². The highest BCUT2D eigenvalue weighted by molar-refractivity contribution is 14.1. The summed E-state index contributed by atoms with van der Waals surface area (Å²) in [5.74, 6) is 0.0355. The van der Waals surface area contributed by atoms with Crippen LogP contribution in [0.3, 0.4) is 0 Å². The standard InChI is InChI=1S/C14H19IN2O.ClH/c1-9-2-3-10(8-13(9)15)14(18)17-12-6-4-11(16)5-7-12;/h2-3,8,11-12H,4-7,16H2,1H3,(H,17,18);1H. The summed E-state index contributed by atoms with van der Waals surface area (Å²) in [7, 11) is 0. The van der Waals surface area contributed by atoms with Crippen LogP contribution < -0.4 is 11.1 Å². The van der Waals surface area contributed by atoms with Crippen LogP contribution in [0.1, 0.15) is 41.6 Å². The van der Waals surface area contributed by atoms with E-state index in [2.05, 4.69) is 27.9 Å². The molecule has 0 saturated heterocycles. The number of rotatable bonds is 2. The molecule has 0 radical (unpaired) electrons. The minimum atomic E-state index is 0. The van der Waals surface area contributed by atoms with E-state index in [1.165, 1.54) is 5.56 Å². The molecular formula is C14H20ClIN2O. The molecule has 0 aromatic heterocycles. The highest BCUT2D eigenvalue weighted by Gasteiger charge is 2.20. The topological polar surface area (TPSA) is 55.1 Å². The predicted molar refractivity (Wildman–Crippen MR) is 88.8 cm³/mol. The molecule has 1 aliphatic carbocycles. The number of hydrogen-bond acceptors (Lipinski definition) is 2. The molecule has 3 nitrogen and oxygen atoms in total. The van der Waals surface area contributed by atoms with Crippen molar-refractivity contribution in [1.29, 1.82) is 0 Å². The fourth-order valence-corrected chi connectivity index (χ4v) is 2.78. The van der Waals surface area contributed by atoms with E-state index >= 15 is 0 Å². The summed E-state index contributed by atoms with van der Waals surface area (Å²) in [6.07, 6.45) is 4.01. The quantitative estimate of drug-likeness (QED) is 0.758. The zero-order valence-electron chi connectivity index (χ0n) is 11.0. The van der Waals surface area contributed by atoms with Gasteiger partial charge < -0.3 is 11.1 Å². The van der Waals surface area contributed by atoms with Crippen LogP contribution in [0, 0.1) is 10.5 Å². The summed E-state index contributed by atoms with van der Waals surface area (Å²) in [4.78, 5) is 12.1. The second kappa shape index (κ2) is 7.45. The van der Waals surface area contributed by atoms with Crippen LogP contribution >= 0.6 is 35.0 Å². The smallest absolute Gasteiger partial charge is 0.251 e. The summed E-state index contributed by atoms with van der Waals surface area (Å²) < 4.78 is 1.13. The van der Waals surface area contributed by atoms with Gasteiger partial charge in [-0.05, 0) is 72.9 Å². The maximum absolute atomic E-state index is 12.1. The second-order valence-electron chi connectivity index (χ2n) is 5.05. The van der Waals surface area contributed by atoms with Crippen LogP contribution in [-0.2, 0) is 0 Å². The third-order valence-electron chi connectivity index (χ3n) is 3.54. The van der Waals surface area contributed by atoms with Crippen LogP contribution in [0.2, 0.25) is 0 Å². The first kappa shape index (κ1) is 16.7. The normalized spacial score (nSPS) is 22.5. The van der Waals surface area contributed by atoms with E-state index < -0.39 is 0 Å². The summed E-state index contributed by atoms with van der Waals surface area (Å²) in [6.45, 7) is 2.05. The molecule has 1 aromatic carbocycles. The van der Waals surface area contributed by atoms with Crippen LogP contribution in [0.5, 0.6) is 0 Å². The number of carbonyl (C=O) groups excluding carboxylic acids is 1. The lowest BCUT2D eigenvalue weighted by Crippen LogP contribution is -2.40. The Labute approximate surface area is 134 Å². The van der Waals surface area contributed by atoms with Gasteiger partial charge in [0.15, 0.2) is 0 Å². The number of nitrogens with two attached hydrogens (primary N) is 1. The molecule has 106 valence electrons. The molecule has 19 heavy (non-hydrogen) atoms. The van der Waals surface area contributed by atoms with Gasteiger partial charge in [0.25, 0.3) is 5.91 Å². The van der Waals surface area contributed by atoms with E-state index in [1.54, 1.807) is 0 Å². The SMILES string of the molecule is Cc1ccc(C(=O)NC2CCC(N)CC2)cc1I.Cl. The maximum atomic E-state index is 12.1.